The van der Waals surface area contributed by atoms with Crippen LogP contribution in [0, 0.1) is 0 Å². The van der Waals surface area contributed by atoms with Crippen molar-refractivity contribution >= 4 is 11.9 Å². The number of rotatable bonds is 24. The SMILES string of the molecule is CCCCN(CCCC)c1nc(C(CCCCCNC2CC(C)(C)NC(C)(C)C2)NC2CC(C)(C)NC(C)(C)C2)nc(N(CCCC)CCCC)n1. The van der Waals surface area contributed by atoms with E-state index in [9.17, 15) is 0 Å². The molecule has 3 heterocycles. The monoisotopic (exact) mass is 728 g/mol. The Labute approximate surface area is 321 Å². The predicted octanol–water partition coefficient (Wildman–Crippen LogP) is 9.08. The fraction of sp³-hybridized carbons (Fsp3) is 0.930. The minimum absolute atomic E-state index is 0.0665. The number of nitrogens with zero attached hydrogens (tertiary/aromatic N) is 5. The molecule has 302 valence electrons. The summed E-state index contributed by atoms with van der Waals surface area (Å²) in [6.07, 6.45) is 18.4. The normalized spacial score (nSPS) is 20.5. The third-order valence-electron chi connectivity index (χ3n) is 11.1. The molecule has 4 N–H and O–H groups in total. The molecule has 1 aromatic rings. The lowest BCUT2D eigenvalue weighted by molar-refractivity contribution is 0.137. The Hall–Kier alpha value is -1.55. The molecule has 0 radical (unpaired) electrons. The minimum atomic E-state index is 0.0665. The Kier molecular flexibility index (Phi) is 18.1. The zero-order valence-electron chi connectivity index (χ0n) is 36.3. The van der Waals surface area contributed by atoms with Gasteiger partial charge in [-0.15, -0.1) is 0 Å². The fourth-order valence-electron chi connectivity index (χ4n) is 9.26. The van der Waals surface area contributed by atoms with Gasteiger partial charge in [-0.25, -0.2) is 0 Å². The van der Waals surface area contributed by atoms with E-state index in [4.69, 9.17) is 15.0 Å². The van der Waals surface area contributed by atoms with Crippen LogP contribution >= 0.6 is 0 Å². The van der Waals surface area contributed by atoms with Crippen LogP contribution in [0.25, 0.3) is 0 Å². The lowest BCUT2D eigenvalue weighted by Gasteiger charge is -2.47. The molecule has 1 aromatic heterocycles. The van der Waals surface area contributed by atoms with E-state index in [-0.39, 0.29) is 28.2 Å². The summed E-state index contributed by atoms with van der Waals surface area (Å²) in [5, 5.41) is 15.9. The third kappa shape index (κ3) is 15.7. The van der Waals surface area contributed by atoms with E-state index < -0.39 is 0 Å². The summed E-state index contributed by atoms with van der Waals surface area (Å²) in [7, 11) is 0. The van der Waals surface area contributed by atoms with Gasteiger partial charge in [0.25, 0.3) is 0 Å². The average Bonchev–Trinajstić information content (AvgIpc) is 3.03. The van der Waals surface area contributed by atoms with Crippen LogP contribution in [0.1, 0.15) is 198 Å². The van der Waals surface area contributed by atoms with Crippen molar-refractivity contribution in [2.75, 3.05) is 42.5 Å². The van der Waals surface area contributed by atoms with Gasteiger partial charge in [-0.3, -0.25) is 0 Å². The summed E-state index contributed by atoms with van der Waals surface area (Å²) in [5.74, 6) is 2.71. The molecule has 0 spiro atoms. The third-order valence-corrected chi connectivity index (χ3v) is 11.1. The van der Waals surface area contributed by atoms with Crippen molar-refractivity contribution in [1.82, 2.24) is 36.2 Å². The van der Waals surface area contributed by atoms with Crippen LogP contribution in [-0.4, -0.2) is 81.9 Å². The van der Waals surface area contributed by atoms with Gasteiger partial charge < -0.3 is 31.1 Å². The molecule has 2 saturated heterocycles. The molecule has 0 amide bonds. The Balaban J connectivity index is 1.90. The average molecular weight is 728 g/mol. The molecule has 0 aromatic carbocycles. The quantitative estimate of drug-likeness (QED) is 0.0779. The summed E-state index contributed by atoms with van der Waals surface area (Å²) in [6.45, 7) is 33.0. The second-order valence-electron chi connectivity index (χ2n) is 19.2. The number of aromatic nitrogens is 3. The number of unbranched alkanes of at least 4 members (excludes halogenated alkanes) is 6. The zero-order chi connectivity index (χ0) is 38.4. The number of hydrogen-bond donors (Lipinski definition) is 4. The maximum Gasteiger partial charge on any atom is 0.230 e. The van der Waals surface area contributed by atoms with E-state index >= 15 is 0 Å². The number of nitrogens with one attached hydrogen (secondary N) is 4. The van der Waals surface area contributed by atoms with E-state index in [1.807, 2.05) is 0 Å². The van der Waals surface area contributed by atoms with Crippen LogP contribution < -0.4 is 31.1 Å². The molecule has 9 nitrogen and oxygen atoms in total. The summed E-state index contributed by atoms with van der Waals surface area (Å²) >= 11 is 0. The second kappa shape index (κ2) is 20.9. The van der Waals surface area contributed by atoms with Gasteiger partial charge in [0, 0.05) is 60.4 Å². The van der Waals surface area contributed by atoms with E-state index in [0.29, 0.717) is 12.1 Å². The second-order valence-corrected chi connectivity index (χ2v) is 19.2. The lowest BCUT2D eigenvalue weighted by atomic mass is 9.79. The summed E-state index contributed by atoms with van der Waals surface area (Å²) in [4.78, 5) is 21.0. The molecule has 2 aliphatic heterocycles. The van der Waals surface area contributed by atoms with Gasteiger partial charge in [-0.05, 0) is 126 Å². The fourth-order valence-corrected chi connectivity index (χ4v) is 9.26. The predicted molar refractivity (Wildman–Crippen MR) is 225 cm³/mol. The summed E-state index contributed by atoms with van der Waals surface area (Å²) < 4.78 is 0. The molecule has 0 saturated carbocycles. The summed E-state index contributed by atoms with van der Waals surface area (Å²) in [6, 6.07) is 1.05. The van der Waals surface area contributed by atoms with Crippen LogP contribution in [0.3, 0.4) is 0 Å². The largest absolute Gasteiger partial charge is 0.341 e. The van der Waals surface area contributed by atoms with Gasteiger partial charge in [0.05, 0.1) is 6.04 Å². The Morgan fingerprint density at radius 1 is 0.558 bits per heavy atom. The van der Waals surface area contributed by atoms with Gasteiger partial charge in [0.2, 0.25) is 11.9 Å². The molecule has 3 rings (SSSR count). The van der Waals surface area contributed by atoms with E-state index in [1.165, 1.54) is 51.4 Å². The van der Waals surface area contributed by atoms with Crippen LogP contribution in [0.5, 0.6) is 0 Å². The van der Waals surface area contributed by atoms with Crippen molar-refractivity contribution in [2.24, 2.45) is 0 Å². The number of piperidine rings is 2. The molecule has 1 atom stereocenters. The maximum absolute atomic E-state index is 5.41. The van der Waals surface area contributed by atoms with Crippen LogP contribution in [-0.2, 0) is 0 Å². The highest BCUT2D eigenvalue weighted by Gasteiger charge is 2.39. The van der Waals surface area contributed by atoms with E-state index in [1.54, 1.807) is 0 Å². The molecule has 0 aliphatic carbocycles. The molecule has 2 aliphatic rings. The molecule has 1 unspecified atom stereocenters. The highest BCUT2D eigenvalue weighted by atomic mass is 15.3. The lowest BCUT2D eigenvalue weighted by Crippen LogP contribution is -2.62. The van der Waals surface area contributed by atoms with Gasteiger partial charge in [0.15, 0.2) is 5.82 Å². The van der Waals surface area contributed by atoms with Crippen molar-refractivity contribution < 1.29 is 0 Å². The maximum atomic E-state index is 5.41. The van der Waals surface area contributed by atoms with Gasteiger partial charge in [-0.2, -0.15) is 15.0 Å². The van der Waals surface area contributed by atoms with Gasteiger partial charge in [-0.1, -0.05) is 66.2 Å². The Bertz CT molecular complexity index is 1060. The Morgan fingerprint density at radius 3 is 1.37 bits per heavy atom. The first-order valence-electron chi connectivity index (χ1n) is 21.8. The summed E-state index contributed by atoms with van der Waals surface area (Å²) in [5.41, 5.74) is 0.474. The molecule has 0 bridgehead atoms. The first kappa shape index (κ1) is 44.8. The van der Waals surface area contributed by atoms with Crippen molar-refractivity contribution in [2.45, 2.75) is 226 Å². The number of hydrogen-bond acceptors (Lipinski definition) is 9. The van der Waals surface area contributed by atoms with Crippen molar-refractivity contribution in [3.05, 3.63) is 5.82 Å². The molecule has 9 heteroatoms. The van der Waals surface area contributed by atoms with E-state index in [2.05, 4.69) is 114 Å². The van der Waals surface area contributed by atoms with Crippen LogP contribution in [0.2, 0.25) is 0 Å². The van der Waals surface area contributed by atoms with E-state index in [0.717, 1.165) is 102 Å². The minimum Gasteiger partial charge on any atom is -0.341 e. The first-order valence-corrected chi connectivity index (χ1v) is 21.8. The molecular weight excluding hydrogens is 643 g/mol. The number of anilines is 2. The first-order chi connectivity index (χ1) is 24.5. The molecule has 52 heavy (non-hydrogen) atoms. The van der Waals surface area contributed by atoms with Crippen molar-refractivity contribution in [3.63, 3.8) is 0 Å². The standard InChI is InChI=1S/C43H85N9/c1-13-17-26-51(27-18-14-2)38-46-37(47-39(48-38)52(28-19-15-3)29-20-16-4)36(45-35-32-42(9,10)50-43(11,12)33-35)24-22-21-23-25-44-34-30-40(5,6)49-41(7,8)31-34/h34-36,44-45,49-50H,13-33H2,1-12H3. The van der Waals surface area contributed by atoms with Crippen LogP contribution in [0.4, 0.5) is 11.9 Å². The Morgan fingerprint density at radius 2 is 0.962 bits per heavy atom. The van der Waals surface area contributed by atoms with Crippen molar-refractivity contribution in [1.29, 1.82) is 0 Å². The smallest absolute Gasteiger partial charge is 0.230 e. The highest BCUT2D eigenvalue weighted by molar-refractivity contribution is 5.40. The topological polar surface area (TPSA) is 93.3 Å². The molecule has 2 fully saturated rings. The molecular formula is C43H85N9. The zero-order valence-corrected chi connectivity index (χ0v) is 36.3. The van der Waals surface area contributed by atoms with Gasteiger partial charge in [0.1, 0.15) is 0 Å². The highest BCUT2D eigenvalue weighted by Crippen LogP contribution is 2.32. The van der Waals surface area contributed by atoms with Crippen LogP contribution in [0.15, 0.2) is 0 Å². The van der Waals surface area contributed by atoms with Crippen molar-refractivity contribution in [3.8, 4) is 0 Å². The van der Waals surface area contributed by atoms with Gasteiger partial charge >= 0.3 is 0 Å².